The largest absolute Gasteiger partial charge is 0.324 e. The number of carbonyl (C=O) groups is 1. The lowest BCUT2D eigenvalue weighted by atomic mass is 9.81. The first-order valence-corrected chi connectivity index (χ1v) is 9.20. The van der Waals surface area contributed by atoms with Crippen LogP contribution in [-0.2, 0) is 7.05 Å². The van der Waals surface area contributed by atoms with Crippen LogP contribution in [0.5, 0.6) is 0 Å². The zero-order valence-electron chi connectivity index (χ0n) is 14.7. The lowest BCUT2D eigenvalue weighted by Gasteiger charge is -2.31. The average Bonchev–Trinajstić information content (AvgIpc) is 3.02. The van der Waals surface area contributed by atoms with E-state index in [1.165, 1.54) is 24.8 Å². The summed E-state index contributed by atoms with van der Waals surface area (Å²) in [6, 6.07) is 6.04. The van der Waals surface area contributed by atoms with Crippen molar-refractivity contribution < 1.29 is 4.79 Å². The molecule has 1 saturated carbocycles. The lowest BCUT2D eigenvalue weighted by Crippen LogP contribution is -2.40. The molecule has 0 bridgehead atoms. The number of rotatable bonds is 3. The molecule has 1 aliphatic heterocycles. The number of hydrogen-bond donors (Lipinski definition) is 1. The summed E-state index contributed by atoms with van der Waals surface area (Å²) in [5.41, 5.74) is 2.43. The fourth-order valence-corrected chi connectivity index (χ4v) is 3.68. The van der Waals surface area contributed by atoms with Gasteiger partial charge >= 0.3 is 6.03 Å². The molecule has 1 aliphatic carbocycles. The molecule has 3 heterocycles. The van der Waals surface area contributed by atoms with Crippen LogP contribution in [0.4, 0.5) is 10.6 Å². The molecule has 0 aromatic carbocycles. The first-order valence-electron chi connectivity index (χ1n) is 9.20. The molecule has 132 valence electrons. The Kier molecular flexibility index (Phi) is 4.42. The van der Waals surface area contributed by atoms with Crippen LogP contribution < -0.4 is 5.32 Å². The monoisotopic (exact) mass is 339 g/mol. The van der Waals surface area contributed by atoms with E-state index in [4.69, 9.17) is 0 Å². The number of carbonyl (C=O) groups excluding carboxylic acids is 1. The zero-order chi connectivity index (χ0) is 17.2. The van der Waals surface area contributed by atoms with Crippen molar-refractivity contribution in [3.8, 4) is 0 Å². The Hall–Kier alpha value is -2.37. The quantitative estimate of drug-likeness (QED) is 0.931. The third-order valence-electron chi connectivity index (χ3n) is 5.53. The summed E-state index contributed by atoms with van der Waals surface area (Å²) in [4.78, 5) is 18.7. The van der Waals surface area contributed by atoms with Crippen LogP contribution in [0.15, 0.2) is 30.6 Å². The number of aryl methyl sites for hydroxylation is 1. The van der Waals surface area contributed by atoms with Crippen molar-refractivity contribution in [2.75, 3.05) is 18.4 Å². The van der Waals surface area contributed by atoms with Gasteiger partial charge < -0.3 is 4.90 Å². The van der Waals surface area contributed by atoms with E-state index >= 15 is 0 Å². The van der Waals surface area contributed by atoms with E-state index in [2.05, 4.69) is 27.5 Å². The second kappa shape index (κ2) is 6.86. The van der Waals surface area contributed by atoms with Gasteiger partial charge in [-0.05, 0) is 49.3 Å². The van der Waals surface area contributed by atoms with E-state index in [1.54, 1.807) is 0 Å². The van der Waals surface area contributed by atoms with Gasteiger partial charge in [-0.25, -0.2) is 9.78 Å². The van der Waals surface area contributed by atoms with Crippen LogP contribution in [0, 0.1) is 0 Å². The summed E-state index contributed by atoms with van der Waals surface area (Å²) in [6.45, 7) is 1.51. The van der Waals surface area contributed by atoms with Gasteiger partial charge in [0.25, 0.3) is 0 Å². The van der Waals surface area contributed by atoms with Crippen LogP contribution in [0.2, 0.25) is 0 Å². The van der Waals surface area contributed by atoms with Gasteiger partial charge in [-0.2, -0.15) is 5.10 Å². The minimum atomic E-state index is -0.0524. The number of piperidine rings is 1. The third kappa shape index (κ3) is 3.52. The number of urea groups is 1. The molecular formula is C19H25N5O. The minimum Gasteiger partial charge on any atom is -0.324 e. The summed E-state index contributed by atoms with van der Waals surface area (Å²) >= 11 is 0. The molecule has 2 aromatic rings. The van der Waals surface area contributed by atoms with E-state index in [9.17, 15) is 4.79 Å². The van der Waals surface area contributed by atoms with Gasteiger partial charge in [0.1, 0.15) is 5.82 Å². The predicted molar refractivity (Wildman–Crippen MR) is 96.6 cm³/mol. The van der Waals surface area contributed by atoms with Crippen LogP contribution >= 0.6 is 0 Å². The number of hydrogen-bond acceptors (Lipinski definition) is 3. The summed E-state index contributed by atoms with van der Waals surface area (Å²) in [7, 11) is 1.94. The van der Waals surface area contributed by atoms with Crippen molar-refractivity contribution in [1.82, 2.24) is 19.7 Å². The predicted octanol–water partition coefficient (Wildman–Crippen LogP) is 3.49. The van der Waals surface area contributed by atoms with Crippen molar-refractivity contribution in [2.45, 2.75) is 43.9 Å². The fraction of sp³-hybridized carbons (Fsp3) is 0.526. The van der Waals surface area contributed by atoms with Crippen LogP contribution in [-0.4, -0.2) is 38.8 Å². The van der Waals surface area contributed by atoms with Crippen molar-refractivity contribution in [3.05, 3.63) is 41.9 Å². The highest BCUT2D eigenvalue weighted by molar-refractivity contribution is 5.88. The van der Waals surface area contributed by atoms with Crippen molar-refractivity contribution in [2.24, 2.45) is 7.05 Å². The summed E-state index contributed by atoms with van der Waals surface area (Å²) in [5.74, 6) is 1.76. The van der Waals surface area contributed by atoms with Crippen molar-refractivity contribution >= 4 is 11.8 Å². The molecule has 2 aromatic heterocycles. The second-order valence-electron chi connectivity index (χ2n) is 7.21. The first-order chi connectivity index (χ1) is 12.2. The fourth-order valence-electron chi connectivity index (χ4n) is 3.68. The number of pyridine rings is 1. The maximum Gasteiger partial charge on any atom is 0.323 e. The smallest absolute Gasteiger partial charge is 0.323 e. The van der Waals surface area contributed by atoms with Crippen LogP contribution in [0.1, 0.15) is 55.2 Å². The lowest BCUT2D eigenvalue weighted by molar-refractivity contribution is 0.194. The van der Waals surface area contributed by atoms with Gasteiger partial charge in [-0.3, -0.25) is 10.00 Å². The Morgan fingerprint density at radius 2 is 1.92 bits per heavy atom. The van der Waals surface area contributed by atoms with E-state index in [0.29, 0.717) is 17.7 Å². The summed E-state index contributed by atoms with van der Waals surface area (Å²) < 4.78 is 1.84. The Bertz CT molecular complexity index is 727. The van der Waals surface area contributed by atoms with Gasteiger partial charge in [0.15, 0.2) is 0 Å². The zero-order valence-corrected chi connectivity index (χ0v) is 14.7. The Morgan fingerprint density at radius 1 is 1.12 bits per heavy atom. The van der Waals surface area contributed by atoms with E-state index in [-0.39, 0.29) is 6.03 Å². The Labute approximate surface area is 148 Å². The van der Waals surface area contributed by atoms with Crippen molar-refractivity contribution in [3.63, 3.8) is 0 Å². The van der Waals surface area contributed by atoms with Gasteiger partial charge in [-0.1, -0.05) is 12.5 Å². The highest BCUT2D eigenvalue weighted by Crippen LogP contribution is 2.36. The number of amides is 2. The molecule has 6 nitrogen and oxygen atoms in total. The maximum atomic E-state index is 12.5. The van der Waals surface area contributed by atoms with Gasteiger partial charge in [0.2, 0.25) is 0 Å². The summed E-state index contributed by atoms with van der Waals surface area (Å²) in [5, 5.41) is 7.42. The highest BCUT2D eigenvalue weighted by Gasteiger charge is 2.25. The Morgan fingerprint density at radius 3 is 2.48 bits per heavy atom. The average molecular weight is 339 g/mol. The van der Waals surface area contributed by atoms with E-state index < -0.39 is 0 Å². The number of aromatic nitrogens is 3. The molecule has 2 aliphatic rings. The molecule has 0 radical (unpaired) electrons. The van der Waals surface area contributed by atoms with Gasteiger partial charge in [0.05, 0.1) is 5.69 Å². The van der Waals surface area contributed by atoms with E-state index in [0.717, 1.165) is 31.6 Å². The number of nitrogens with zero attached hydrogens (tertiary/aromatic N) is 4. The highest BCUT2D eigenvalue weighted by atomic mass is 16.2. The molecule has 25 heavy (non-hydrogen) atoms. The summed E-state index contributed by atoms with van der Waals surface area (Å²) in [6.07, 6.45) is 9.64. The first kappa shape index (κ1) is 16.1. The normalized spacial score (nSPS) is 18.8. The molecule has 0 atom stereocenters. The van der Waals surface area contributed by atoms with Crippen LogP contribution in [0.25, 0.3) is 0 Å². The molecule has 2 fully saturated rings. The van der Waals surface area contributed by atoms with E-state index in [1.807, 2.05) is 35.1 Å². The molecule has 6 heteroatoms. The van der Waals surface area contributed by atoms with Gasteiger partial charge in [0, 0.05) is 38.4 Å². The number of likely N-dealkylation sites (tertiary alicyclic amines) is 1. The number of anilines is 1. The molecule has 1 N–H and O–H groups in total. The second-order valence-corrected chi connectivity index (χ2v) is 7.21. The van der Waals surface area contributed by atoms with Crippen LogP contribution in [0.3, 0.4) is 0 Å². The molecule has 4 rings (SSSR count). The number of nitrogens with one attached hydrogen (secondary N) is 1. The molecule has 0 spiro atoms. The minimum absolute atomic E-state index is 0.0524. The Balaban J connectivity index is 1.30. The molecule has 1 saturated heterocycles. The standard InChI is InChI=1S/C19H25N5O/c1-23-10-9-17(22-23)15-7-11-24(12-8-15)19(25)21-18-6-5-16(13-20-18)14-3-2-4-14/h5-6,9-10,13-15H,2-4,7-8,11-12H2,1H3,(H,20,21,25). The van der Waals surface area contributed by atoms with Crippen molar-refractivity contribution in [1.29, 1.82) is 0 Å². The topological polar surface area (TPSA) is 63.1 Å². The molecular weight excluding hydrogens is 314 g/mol. The van der Waals surface area contributed by atoms with Gasteiger partial charge in [-0.15, -0.1) is 0 Å². The molecule has 2 amide bonds. The molecule has 0 unspecified atom stereocenters. The SMILES string of the molecule is Cn1ccc(C2CCN(C(=O)Nc3ccc(C4CCC4)cn3)CC2)n1. The maximum absolute atomic E-state index is 12.5. The third-order valence-corrected chi connectivity index (χ3v) is 5.53.